The van der Waals surface area contributed by atoms with E-state index >= 15 is 0 Å². The Hall–Kier alpha value is -2.49. The third-order valence-electron chi connectivity index (χ3n) is 2.76. The largest absolute Gasteiger partial charge is 0.508 e. The number of phenols is 2. The normalized spacial score (nSPS) is 11.1. The Bertz CT molecular complexity index is 727. The fourth-order valence-corrected chi connectivity index (χ4v) is 1.96. The molecule has 0 aliphatic rings. The summed E-state index contributed by atoms with van der Waals surface area (Å²) in [6, 6.07) is 9.08. The summed E-state index contributed by atoms with van der Waals surface area (Å²) in [6.45, 7) is 0. The van der Waals surface area contributed by atoms with Crippen molar-refractivity contribution in [3.63, 3.8) is 0 Å². The Labute approximate surface area is 95.8 Å². The van der Waals surface area contributed by atoms with E-state index in [4.69, 9.17) is 0 Å². The van der Waals surface area contributed by atoms with Gasteiger partial charge in [0, 0.05) is 22.9 Å². The van der Waals surface area contributed by atoms with Gasteiger partial charge in [0.2, 0.25) is 0 Å². The minimum atomic E-state index is -0.117. The van der Waals surface area contributed by atoms with Gasteiger partial charge in [0.1, 0.15) is 11.5 Å². The molecule has 0 saturated carbocycles. The van der Waals surface area contributed by atoms with Gasteiger partial charge < -0.3 is 15.2 Å². The number of hydrogen-bond donors (Lipinski definition) is 3. The maximum atomic E-state index is 12.1. The molecule has 0 aliphatic heterocycles. The maximum absolute atomic E-state index is 12.1. The summed E-state index contributed by atoms with van der Waals surface area (Å²) in [5, 5.41) is 19.8. The molecule has 3 rings (SSSR count). The van der Waals surface area contributed by atoms with E-state index in [2.05, 4.69) is 4.98 Å². The molecule has 1 aromatic heterocycles. The Morgan fingerprint density at radius 2 is 1.29 bits per heavy atom. The average molecular weight is 227 g/mol. The van der Waals surface area contributed by atoms with Gasteiger partial charge in [0.15, 0.2) is 5.43 Å². The molecule has 4 nitrogen and oxygen atoms in total. The molecule has 0 aliphatic carbocycles. The lowest BCUT2D eigenvalue weighted by molar-refractivity contribution is 0.476. The number of rotatable bonds is 0. The summed E-state index contributed by atoms with van der Waals surface area (Å²) < 4.78 is 0. The Morgan fingerprint density at radius 1 is 0.824 bits per heavy atom. The van der Waals surface area contributed by atoms with E-state index in [1.54, 1.807) is 12.1 Å². The number of nitrogens with one attached hydrogen (secondary N) is 1. The second-order valence-corrected chi connectivity index (χ2v) is 3.91. The number of fused-ring (bicyclic) bond motifs is 2. The van der Waals surface area contributed by atoms with Crippen LogP contribution in [-0.2, 0) is 0 Å². The van der Waals surface area contributed by atoms with Crippen molar-refractivity contribution in [3.05, 3.63) is 46.6 Å². The van der Waals surface area contributed by atoms with Crippen LogP contribution in [0, 0.1) is 0 Å². The summed E-state index contributed by atoms with van der Waals surface area (Å²) in [6.07, 6.45) is 0. The van der Waals surface area contributed by atoms with E-state index in [1.807, 2.05) is 0 Å². The maximum Gasteiger partial charge on any atom is 0.197 e. The van der Waals surface area contributed by atoms with Gasteiger partial charge in [-0.05, 0) is 24.3 Å². The second kappa shape index (κ2) is 3.25. The zero-order valence-corrected chi connectivity index (χ0v) is 8.77. The van der Waals surface area contributed by atoms with Crippen molar-refractivity contribution in [3.8, 4) is 11.5 Å². The van der Waals surface area contributed by atoms with Gasteiger partial charge >= 0.3 is 0 Å². The van der Waals surface area contributed by atoms with Gasteiger partial charge in [-0.15, -0.1) is 0 Å². The van der Waals surface area contributed by atoms with Gasteiger partial charge in [0.05, 0.1) is 11.0 Å². The average Bonchev–Trinajstić information content (AvgIpc) is 2.28. The first-order chi connectivity index (χ1) is 8.15. The lowest BCUT2D eigenvalue weighted by Gasteiger charge is -2.03. The summed E-state index contributed by atoms with van der Waals surface area (Å²) >= 11 is 0. The quantitative estimate of drug-likeness (QED) is 0.515. The van der Waals surface area contributed by atoms with Crippen LogP contribution in [0.4, 0.5) is 0 Å². The zero-order chi connectivity index (χ0) is 12.0. The van der Waals surface area contributed by atoms with Crippen LogP contribution in [0.15, 0.2) is 41.2 Å². The highest BCUT2D eigenvalue weighted by molar-refractivity contribution is 5.93. The monoisotopic (exact) mass is 227 g/mol. The lowest BCUT2D eigenvalue weighted by atomic mass is 10.1. The zero-order valence-electron chi connectivity index (χ0n) is 8.77. The highest BCUT2D eigenvalue weighted by atomic mass is 16.3. The molecular weight excluding hydrogens is 218 g/mol. The third-order valence-corrected chi connectivity index (χ3v) is 2.76. The van der Waals surface area contributed by atoms with Crippen LogP contribution in [0.5, 0.6) is 11.5 Å². The molecule has 4 heteroatoms. The molecule has 0 amide bonds. The Kier molecular flexibility index (Phi) is 1.86. The van der Waals surface area contributed by atoms with Crippen LogP contribution in [0.3, 0.4) is 0 Å². The molecule has 1 heterocycles. The van der Waals surface area contributed by atoms with Crippen molar-refractivity contribution in [2.24, 2.45) is 0 Å². The van der Waals surface area contributed by atoms with Crippen molar-refractivity contribution in [1.29, 1.82) is 0 Å². The molecule has 0 unspecified atom stereocenters. The number of aromatic amines is 1. The highest BCUT2D eigenvalue weighted by Crippen LogP contribution is 2.21. The van der Waals surface area contributed by atoms with Gasteiger partial charge in [-0.2, -0.15) is 0 Å². The first-order valence-electron chi connectivity index (χ1n) is 5.13. The molecule has 3 N–H and O–H groups in total. The van der Waals surface area contributed by atoms with Crippen LogP contribution in [0.1, 0.15) is 0 Å². The first-order valence-corrected chi connectivity index (χ1v) is 5.13. The van der Waals surface area contributed by atoms with E-state index in [0.717, 1.165) is 0 Å². The number of benzene rings is 2. The minimum Gasteiger partial charge on any atom is -0.508 e. The molecule has 2 aromatic carbocycles. The van der Waals surface area contributed by atoms with E-state index in [0.29, 0.717) is 21.8 Å². The summed E-state index contributed by atoms with van der Waals surface area (Å²) in [4.78, 5) is 15.1. The molecule has 0 fully saturated rings. The van der Waals surface area contributed by atoms with Gasteiger partial charge in [-0.25, -0.2) is 0 Å². The Balaban J connectivity index is 2.57. The van der Waals surface area contributed by atoms with E-state index in [-0.39, 0.29) is 16.9 Å². The smallest absolute Gasteiger partial charge is 0.197 e. The first kappa shape index (κ1) is 9.72. The molecule has 84 valence electrons. The van der Waals surface area contributed by atoms with Crippen LogP contribution >= 0.6 is 0 Å². The number of aromatic hydroxyl groups is 2. The van der Waals surface area contributed by atoms with E-state index < -0.39 is 0 Å². The van der Waals surface area contributed by atoms with Crippen molar-refractivity contribution >= 4 is 21.8 Å². The second-order valence-electron chi connectivity index (χ2n) is 3.91. The Morgan fingerprint density at radius 3 is 1.76 bits per heavy atom. The summed E-state index contributed by atoms with van der Waals surface area (Å²) in [5.74, 6) is 0.181. The van der Waals surface area contributed by atoms with Crippen LogP contribution in [0.2, 0.25) is 0 Å². The lowest BCUT2D eigenvalue weighted by Crippen LogP contribution is -2.03. The number of hydrogen-bond acceptors (Lipinski definition) is 3. The third kappa shape index (κ3) is 1.42. The number of phenolic OH excluding ortho intramolecular Hbond substituents is 2. The number of aromatic nitrogens is 1. The summed E-state index contributed by atoms with van der Waals surface area (Å²) in [5.41, 5.74) is 0.981. The molecule has 3 aromatic rings. The fourth-order valence-electron chi connectivity index (χ4n) is 1.96. The topological polar surface area (TPSA) is 73.3 Å². The molecule has 0 radical (unpaired) electrons. The van der Waals surface area contributed by atoms with Crippen LogP contribution in [-0.4, -0.2) is 15.2 Å². The van der Waals surface area contributed by atoms with Crippen molar-refractivity contribution in [2.75, 3.05) is 0 Å². The number of pyridine rings is 1. The molecule has 17 heavy (non-hydrogen) atoms. The van der Waals surface area contributed by atoms with Crippen molar-refractivity contribution in [2.45, 2.75) is 0 Å². The van der Waals surface area contributed by atoms with Crippen molar-refractivity contribution in [1.82, 2.24) is 4.98 Å². The SMILES string of the molecule is O=c1c2ccc(O)cc2[nH]c2cc(O)ccc12. The fraction of sp³-hybridized carbons (Fsp3) is 0. The van der Waals surface area contributed by atoms with Crippen LogP contribution < -0.4 is 5.43 Å². The van der Waals surface area contributed by atoms with Crippen molar-refractivity contribution < 1.29 is 10.2 Å². The predicted molar refractivity (Wildman–Crippen MR) is 65.4 cm³/mol. The minimum absolute atomic E-state index is 0.0904. The predicted octanol–water partition coefficient (Wildman–Crippen LogP) is 2.09. The van der Waals surface area contributed by atoms with Gasteiger partial charge in [-0.3, -0.25) is 4.79 Å². The number of H-pyrrole nitrogens is 1. The van der Waals surface area contributed by atoms with Gasteiger partial charge in [-0.1, -0.05) is 0 Å². The molecule has 0 spiro atoms. The molecule has 0 bridgehead atoms. The molecule has 0 saturated heterocycles. The molecular formula is C13H9NO3. The van der Waals surface area contributed by atoms with Gasteiger partial charge in [0.25, 0.3) is 0 Å². The van der Waals surface area contributed by atoms with Crippen LogP contribution in [0.25, 0.3) is 21.8 Å². The standard InChI is InChI=1S/C13H9NO3/c15-7-1-3-9-11(5-7)14-12-6-8(16)2-4-10(12)13(9)17/h1-6,15-16H,(H,14,17). The van der Waals surface area contributed by atoms with E-state index in [1.165, 1.54) is 24.3 Å². The molecule has 0 atom stereocenters. The van der Waals surface area contributed by atoms with E-state index in [9.17, 15) is 15.0 Å². The highest BCUT2D eigenvalue weighted by Gasteiger charge is 2.06. The summed E-state index contributed by atoms with van der Waals surface area (Å²) in [7, 11) is 0.